The van der Waals surface area contributed by atoms with Gasteiger partial charge in [-0.2, -0.15) is 0 Å². The first-order chi connectivity index (χ1) is 31.3. The molecule has 2 aliphatic rings. The Bertz CT molecular complexity index is 3790. The smallest absolute Gasteiger partial charge is 0.136 e. The van der Waals surface area contributed by atoms with Crippen LogP contribution in [0.15, 0.2) is 229 Å². The second-order valence-corrected chi connectivity index (χ2v) is 17.1. The molecule has 2 nitrogen and oxygen atoms in total. The predicted molar refractivity (Wildman–Crippen MR) is 263 cm³/mol. The van der Waals surface area contributed by atoms with Gasteiger partial charge in [-0.15, -0.1) is 0 Å². The van der Waals surface area contributed by atoms with E-state index in [2.05, 4.69) is 217 Å². The first-order valence-corrected chi connectivity index (χ1v) is 21.8. The predicted octanol–water partition coefficient (Wildman–Crippen LogP) is 16.5. The summed E-state index contributed by atoms with van der Waals surface area (Å²) in [6.07, 6.45) is 0. The summed E-state index contributed by atoms with van der Waals surface area (Å²) in [5.41, 5.74) is 17.3. The Kier molecular flexibility index (Phi) is 7.07. The van der Waals surface area contributed by atoms with Crippen molar-refractivity contribution >= 4 is 71.3 Å². The first-order valence-electron chi connectivity index (χ1n) is 21.8. The van der Waals surface area contributed by atoms with Crippen LogP contribution in [0.1, 0.15) is 22.3 Å². The minimum absolute atomic E-state index is 0.530. The van der Waals surface area contributed by atoms with Gasteiger partial charge in [-0.1, -0.05) is 176 Å². The fraction of sp³-hybridized carbons (Fsp3) is 0.0164. The Morgan fingerprint density at radius 3 is 1.46 bits per heavy atom. The number of para-hydroxylation sites is 1. The zero-order valence-corrected chi connectivity index (χ0v) is 34.2. The van der Waals surface area contributed by atoms with E-state index in [0.717, 1.165) is 50.1 Å². The Labute approximate surface area is 364 Å². The summed E-state index contributed by atoms with van der Waals surface area (Å²) in [4.78, 5) is 2.53. The molecule has 0 unspecified atom stereocenters. The largest absolute Gasteiger partial charge is 0.456 e. The molecular formula is C61H37NO. The van der Waals surface area contributed by atoms with Gasteiger partial charge in [0.1, 0.15) is 11.2 Å². The molecule has 0 fully saturated rings. The molecule has 2 heteroatoms. The van der Waals surface area contributed by atoms with Crippen molar-refractivity contribution in [1.29, 1.82) is 0 Å². The van der Waals surface area contributed by atoms with E-state index < -0.39 is 5.41 Å². The monoisotopic (exact) mass is 799 g/mol. The molecule has 0 aliphatic heterocycles. The number of rotatable bonds is 4. The van der Waals surface area contributed by atoms with Crippen LogP contribution in [0.2, 0.25) is 0 Å². The van der Waals surface area contributed by atoms with Crippen molar-refractivity contribution in [3.05, 3.63) is 247 Å². The van der Waals surface area contributed by atoms with Crippen molar-refractivity contribution in [3.8, 4) is 33.4 Å². The molecular weight excluding hydrogens is 763 g/mol. The quantitative estimate of drug-likeness (QED) is 0.165. The van der Waals surface area contributed by atoms with Gasteiger partial charge in [0, 0.05) is 27.7 Å². The maximum Gasteiger partial charge on any atom is 0.136 e. The van der Waals surface area contributed by atoms with Gasteiger partial charge in [0.15, 0.2) is 0 Å². The molecule has 2 aliphatic carbocycles. The van der Waals surface area contributed by atoms with Crippen LogP contribution in [-0.2, 0) is 5.41 Å². The highest BCUT2D eigenvalue weighted by molar-refractivity contribution is 6.26. The summed E-state index contributed by atoms with van der Waals surface area (Å²) in [6, 6.07) is 83.0. The fourth-order valence-corrected chi connectivity index (χ4v) is 11.5. The van der Waals surface area contributed by atoms with Gasteiger partial charge >= 0.3 is 0 Å². The third kappa shape index (κ3) is 4.67. The van der Waals surface area contributed by atoms with Crippen molar-refractivity contribution in [1.82, 2.24) is 0 Å². The molecule has 0 amide bonds. The molecule has 0 N–H and O–H groups in total. The Hall–Kier alpha value is -8.20. The van der Waals surface area contributed by atoms with Crippen LogP contribution in [0.3, 0.4) is 0 Å². The summed E-state index contributed by atoms with van der Waals surface area (Å²) in [7, 11) is 0. The first kappa shape index (κ1) is 34.5. The molecule has 1 heterocycles. The van der Waals surface area contributed by atoms with E-state index in [-0.39, 0.29) is 0 Å². The highest BCUT2D eigenvalue weighted by atomic mass is 16.3. The topological polar surface area (TPSA) is 16.4 Å². The zero-order chi connectivity index (χ0) is 41.2. The molecule has 0 bridgehead atoms. The van der Waals surface area contributed by atoms with Crippen molar-refractivity contribution in [2.24, 2.45) is 0 Å². The number of benzene rings is 11. The number of anilines is 3. The number of hydrogen-bond donors (Lipinski definition) is 0. The van der Waals surface area contributed by atoms with Crippen molar-refractivity contribution in [3.63, 3.8) is 0 Å². The maximum absolute atomic E-state index is 6.42. The lowest BCUT2D eigenvalue weighted by atomic mass is 9.70. The number of hydrogen-bond acceptors (Lipinski definition) is 2. The highest BCUT2D eigenvalue weighted by Gasteiger charge is 2.53. The lowest BCUT2D eigenvalue weighted by Gasteiger charge is -2.36. The Morgan fingerprint density at radius 2 is 0.778 bits per heavy atom. The Balaban J connectivity index is 1.07. The average molecular weight is 800 g/mol. The summed E-state index contributed by atoms with van der Waals surface area (Å²) < 4.78 is 6.42. The van der Waals surface area contributed by atoms with E-state index in [9.17, 15) is 0 Å². The summed E-state index contributed by atoms with van der Waals surface area (Å²) in [5.74, 6) is 0. The van der Waals surface area contributed by atoms with E-state index >= 15 is 0 Å². The minimum Gasteiger partial charge on any atom is -0.456 e. The molecule has 11 aromatic carbocycles. The normalized spacial score (nSPS) is 13.2. The fourth-order valence-electron chi connectivity index (χ4n) is 11.5. The molecule has 0 radical (unpaired) electrons. The van der Waals surface area contributed by atoms with E-state index in [1.807, 2.05) is 12.1 Å². The minimum atomic E-state index is -0.530. The van der Waals surface area contributed by atoms with Gasteiger partial charge < -0.3 is 9.32 Å². The molecule has 0 saturated carbocycles. The SMILES string of the molecule is c1cc(-c2ccc3c(c2)oc2ccccc23)cc(N(c2ccc3c4ccccc4c4ccccc4c3c2)c2cccc3c2C2(c4ccccc4-c4ccccc42)c2ccccc2-3)c1. The molecule has 63 heavy (non-hydrogen) atoms. The van der Waals surface area contributed by atoms with Crippen LogP contribution in [0, 0.1) is 0 Å². The van der Waals surface area contributed by atoms with Crippen LogP contribution in [0.4, 0.5) is 17.1 Å². The van der Waals surface area contributed by atoms with Gasteiger partial charge in [0.05, 0.1) is 11.1 Å². The highest BCUT2D eigenvalue weighted by Crippen LogP contribution is 2.65. The summed E-state index contributed by atoms with van der Waals surface area (Å²) in [6.45, 7) is 0. The standard InChI is InChI=1S/C61H37NO/c1-2-19-44-42(17-1)43-18-3-4-20-45(43)53-37-41(32-34-46(44)53)62(40-16-13-15-38(35-40)39-31-33-51-50-24-8-12-30-58(50)63-59(51)36-39)57-29-14-25-52-49-23-7-11-28-56(49)61(60(52)57)54-26-9-5-21-47(54)48-22-6-10-27-55(48)61/h1-37H. The maximum atomic E-state index is 6.42. The number of fused-ring (bicyclic) bond motifs is 19. The van der Waals surface area contributed by atoms with Crippen molar-refractivity contribution < 1.29 is 4.42 Å². The Morgan fingerprint density at radius 1 is 0.302 bits per heavy atom. The molecule has 292 valence electrons. The van der Waals surface area contributed by atoms with Gasteiger partial charge in [0.25, 0.3) is 0 Å². The second kappa shape index (κ2) is 12.9. The van der Waals surface area contributed by atoms with Gasteiger partial charge in [-0.05, 0) is 131 Å². The van der Waals surface area contributed by atoms with Crippen LogP contribution in [0.25, 0.3) is 87.6 Å². The molecule has 0 saturated heterocycles. The van der Waals surface area contributed by atoms with Crippen LogP contribution in [0.5, 0.6) is 0 Å². The van der Waals surface area contributed by atoms with Crippen LogP contribution < -0.4 is 4.90 Å². The van der Waals surface area contributed by atoms with Crippen LogP contribution in [-0.4, -0.2) is 0 Å². The van der Waals surface area contributed by atoms with Crippen molar-refractivity contribution in [2.45, 2.75) is 5.41 Å². The second-order valence-electron chi connectivity index (χ2n) is 17.1. The molecule has 1 spiro atoms. The third-order valence-corrected chi connectivity index (χ3v) is 14.0. The molecule has 1 aromatic heterocycles. The van der Waals surface area contributed by atoms with Gasteiger partial charge in [0.2, 0.25) is 0 Å². The lowest BCUT2D eigenvalue weighted by molar-refractivity contribution is 0.669. The van der Waals surface area contributed by atoms with E-state index in [0.29, 0.717) is 0 Å². The van der Waals surface area contributed by atoms with Gasteiger partial charge in [-0.25, -0.2) is 0 Å². The third-order valence-electron chi connectivity index (χ3n) is 14.0. The number of nitrogens with zero attached hydrogens (tertiary/aromatic N) is 1. The summed E-state index contributed by atoms with van der Waals surface area (Å²) in [5, 5.41) is 9.81. The van der Waals surface area contributed by atoms with Gasteiger partial charge in [-0.3, -0.25) is 0 Å². The molecule has 0 atom stereocenters. The average Bonchev–Trinajstić information content (AvgIpc) is 3.98. The van der Waals surface area contributed by atoms with Crippen molar-refractivity contribution in [2.75, 3.05) is 4.90 Å². The number of furan rings is 1. The van der Waals surface area contributed by atoms with E-state index in [4.69, 9.17) is 4.42 Å². The zero-order valence-electron chi connectivity index (χ0n) is 34.2. The van der Waals surface area contributed by atoms with Crippen LogP contribution >= 0.6 is 0 Å². The molecule has 14 rings (SSSR count). The summed E-state index contributed by atoms with van der Waals surface area (Å²) >= 11 is 0. The lowest BCUT2D eigenvalue weighted by Crippen LogP contribution is -2.28. The van der Waals surface area contributed by atoms with E-state index in [1.54, 1.807) is 0 Å². The molecule has 12 aromatic rings. The van der Waals surface area contributed by atoms with E-state index in [1.165, 1.54) is 76.8 Å².